The highest BCUT2D eigenvalue weighted by atomic mass is 16.6. The lowest BCUT2D eigenvalue weighted by atomic mass is 9.90. The number of carboxylic acids is 1. The maximum Gasteiger partial charge on any atom is 0.333 e. The van der Waals surface area contributed by atoms with Gasteiger partial charge >= 0.3 is 23.9 Å². The lowest BCUT2D eigenvalue weighted by Crippen LogP contribution is -2.31. The molecule has 0 aliphatic heterocycles. The minimum Gasteiger partial charge on any atom is -0.481 e. The zero-order chi connectivity index (χ0) is 30.2. The Labute approximate surface area is 230 Å². The van der Waals surface area contributed by atoms with Crippen LogP contribution in [-0.2, 0) is 33.4 Å². The SMILES string of the molecule is C=C(C)C(=O)OCCOC(=O)C(C)(C)CC.CCC(C)(C)C(=O)O.CCC(C)(C)C(=O)OC1CCCCC1. The van der Waals surface area contributed by atoms with Crippen LogP contribution in [0.15, 0.2) is 12.2 Å². The van der Waals surface area contributed by atoms with Crippen LogP contribution in [-0.4, -0.2) is 48.3 Å². The molecule has 0 atom stereocenters. The number of ether oxygens (including phenoxy) is 3. The minimum absolute atomic E-state index is 0.0214. The van der Waals surface area contributed by atoms with Gasteiger partial charge in [0.05, 0.1) is 16.2 Å². The molecule has 1 rings (SSSR count). The highest BCUT2D eigenvalue weighted by Crippen LogP contribution is 2.26. The van der Waals surface area contributed by atoms with Gasteiger partial charge in [0.2, 0.25) is 0 Å². The largest absolute Gasteiger partial charge is 0.481 e. The summed E-state index contributed by atoms with van der Waals surface area (Å²) in [6.45, 7) is 22.0. The second-order valence-electron chi connectivity index (χ2n) is 11.7. The van der Waals surface area contributed by atoms with Gasteiger partial charge in [0.1, 0.15) is 19.3 Å². The summed E-state index contributed by atoms with van der Waals surface area (Å²) in [6.07, 6.45) is 8.28. The molecule has 0 aromatic heterocycles. The van der Waals surface area contributed by atoms with Gasteiger partial charge in [-0.15, -0.1) is 0 Å². The van der Waals surface area contributed by atoms with Crippen LogP contribution >= 0.6 is 0 Å². The maximum atomic E-state index is 11.7. The van der Waals surface area contributed by atoms with E-state index in [0.717, 1.165) is 19.3 Å². The Kier molecular flexibility index (Phi) is 17.9. The minimum atomic E-state index is -0.722. The summed E-state index contributed by atoms with van der Waals surface area (Å²) in [4.78, 5) is 44.5. The van der Waals surface area contributed by atoms with Gasteiger partial charge in [0.15, 0.2) is 0 Å². The van der Waals surface area contributed by atoms with Gasteiger partial charge in [-0.05, 0) is 93.4 Å². The van der Waals surface area contributed by atoms with E-state index in [1.54, 1.807) is 20.8 Å². The van der Waals surface area contributed by atoms with E-state index in [1.807, 2.05) is 48.5 Å². The number of carboxylic acid groups (broad SMARTS) is 1. The summed E-state index contributed by atoms with van der Waals surface area (Å²) in [7, 11) is 0. The van der Waals surface area contributed by atoms with Crippen molar-refractivity contribution in [1.29, 1.82) is 0 Å². The van der Waals surface area contributed by atoms with Crippen molar-refractivity contribution in [2.24, 2.45) is 16.2 Å². The number of aliphatic carboxylic acids is 1. The van der Waals surface area contributed by atoms with Gasteiger partial charge in [-0.1, -0.05) is 33.8 Å². The molecule has 38 heavy (non-hydrogen) atoms. The van der Waals surface area contributed by atoms with Crippen molar-refractivity contribution >= 4 is 23.9 Å². The zero-order valence-corrected chi connectivity index (χ0v) is 25.7. The Hall–Kier alpha value is -2.38. The van der Waals surface area contributed by atoms with Crippen molar-refractivity contribution in [3.63, 3.8) is 0 Å². The summed E-state index contributed by atoms with van der Waals surface area (Å²) in [5, 5.41) is 8.44. The summed E-state index contributed by atoms with van der Waals surface area (Å²) < 4.78 is 15.3. The molecule has 0 saturated heterocycles. The fourth-order valence-corrected chi connectivity index (χ4v) is 2.52. The molecule has 0 bridgehead atoms. The molecule has 0 radical (unpaired) electrons. The summed E-state index contributed by atoms with van der Waals surface area (Å²) >= 11 is 0. The van der Waals surface area contributed by atoms with E-state index in [-0.39, 0.29) is 36.7 Å². The molecule has 1 saturated carbocycles. The normalized spacial score (nSPS) is 14.1. The predicted molar refractivity (Wildman–Crippen MR) is 150 cm³/mol. The molecule has 1 aliphatic rings. The fraction of sp³-hybridized carbons (Fsp3) is 0.800. The fourth-order valence-electron chi connectivity index (χ4n) is 2.52. The number of esters is 3. The Bertz CT molecular complexity index is 758. The highest BCUT2D eigenvalue weighted by molar-refractivity contribution is 5.86. The van der Waals surface area contributed by atoms with Crippen LogP contribution in [0.1, 0.15) is 121 Å². The third-order valence-electron chi connectivity index (χ3n) is 7.06. The van der Waals surface area contributed by atoms with E-state index in [0.29, 0.717) is 18.4 Å². The van der Waals surface area contributed by atoms with Crippen LogP contribution in [0.25, 0.3) is 0 Å². The van der Waals surface area contributed by atoms with E-state index >= 15 is 0 Å². The molecular formula is C30H54O8. The molecular weight excluding hydrogens is 488 g/mol. The maximum absolute atomic E-state index is 11.7. The zero-order valence-electron chi connectivity index (χ0n) is 25.7. The van der Waals surface area contributed by atoms with Crippen molar-refractivity contribution in [2.75, 3.05) is 13.2 Å². The Balaban J connectivity index is 0. The Morgan fingerprint density at radius 3 is 1.53 bits per heavy atom. The van der Waals surface area contributed by atoms with Crippen molar-refractivity contribution in [3.05, 3.63) is 12.2 Å². The molecule has 0 spiro atoms. The average Bonchev–Trinajstić information content (AvgIpc) is 2.87. The van der Waals surface area contributed by atoms with Crippen molar-refractivity contribution < 1.29 is 38.5 Å². The van der Waals surface area contributed by atoms with Crippen LogP contribution in [0.4, 0.5) is 0 Å². The van der Waals surface area contributed by atoms with Crippen LogP contribution in [0.3, 0.4) is 0 Å². The molecule has 8 heteroatoms. The summed E-state index contributed by atoms with van der Waals surface area (Å²) in [5.41, 5.74) is -1.00. The summed E-state index contributed by atoms with van der Waals surface area (Å²) in [6, 6.07) is 0. The third-order valence-corrected chi connectivity index (χ3v) is 7.06. The van der Waals surface area contributed by atoms with Crippen molar-refractivity contribution in [1.82, 2.24) is 0 Å². The number of hydrogen-bond acceptors (Lipinski definition) is 7. The van der Waals surface area contributed by atoms with E-state index in [4.69, 9.17) is 19.3 Å². The van der Waals surface area contributed by atoms with E-state index in [2.05, 4.69) is 6.58 Å². The molecule has 0 aromatic carbocycles. The predicted octanol–water partition coefficient (Wildman–Crippen LogP) is 6.89. The highest BCUT2D eigenvalue weighted by Gasteiger charge is 2.30. The lowest BCUT2D eigenvalue weighted by molar-refractivity contribution is -0.161. The van der Waals surface area contributed by atoms with Crippen LogP contribution < -0.4 is 0 Å². The Morgan fingerprint density at radius 2 is 1.16 bits per heavy atom. The topological polar surface area (TPSA) is 116 Å². The molecule has 0 unspecified atom stereocenters. The first kappa shape index (κ1) is 37.8. The van der Waals surface area contributed by atoms with Crippen LogP contribution in [0, 0.1) is 16.2 Å². The second kappa shape index (κ2) is 18.0. The molecule has 0 aromatic rings. The van der Waals surface area contributed by atoms with Gasteiger partial charge in [-0.2, -0.15) is 0 Å². The van der Waals surface area contributed by atoms with Crippen LogP contribution in [0.2, 0.25) is 0 Å². The first-order valence-electron chi connectivity index (χ1n) is 13.8. The summed E-state index contributed by atoms with van der Waals surface area (Å²) in [5.74, 6) is -1.49. The molecule has 8 nitrogen and oxygen atoms in total. The Morgan fingerprint density at radius 1 is 0.737 bits per heavy atom. The third kappa shape index (κ3) is 15.8. The molecule has 1 aliphatic carbocycles. The average molecular weight is 543 g/mol. The first-order chi connectivity index (χ1) is 17.4. The van der Waals surface area contributed by atoms with Gasteiger partial charge < -0.3 is 19.3 Å². The smallest absolute Gasteiger partial charge is 0.333 e. The van der Waals surface area contributed by atoms with Gasteiger partial charge in [0.25, 0.3) is 0 Å². The van der Waals surface area contributed by atoms with Crippen LogP contribution in [0.5, 0.6) is 0 Å². The standard InChI is InChI=1S/C12H20O4.C12H22O2.C6H12O2/c1-6-12(4,5)11(14)16-8-7-15-10(13)9(2)3;1-4-12(2,3)11(13)14-10-8-6-5-7-9-10;1-4-6(2,3)5(7)8/h2,6-8H2,1,3-5H3;10H,4-9H2,1-3H3;4H2,1-3H3,(H,7,8). The molecule has 1 N–H and O–H groups in total. The lowest BCUT2D eigenvalue weighted by Gasteiger charge is -2.27. The molecule has 1 fully saturated rings. The second-order valence-corrected chi connectivity index (χ2v) is 11.7. The van der Waals surface area contributed by atoms with Crippen molar-refractivity contribution in [2.45, 2.75) is 127 Å². The quantitative estimate of drug-likeness (QED) is 0.130. The molecule has 222 valence electrons. The number of carbonyl (C=O) groups excluding carboxylic acids is 3. The van der Waals surface area contributed by atoms with Crippen molar-refractivity contribution in [3.8, 4) is 0 Å². The van der Waals surface area contributed by atoms with E-state index in [1.165, 1.54) is 19.3 Å². The van der Waals surface area contributed by atoms with Gasteiger partial charge in [-0.3, -0.25) is 14.4 Å². The van der Waals surface area contributed by atoms with E-state index in [9.17, 15) is 19.2 Å². The van der Waals surface area contributed by atoms with E-state index < -0.39 is 22.8 Å². The van der Waals surface area contributed by atoms with Gasteiger partial charge in [0, 0.05) is 5.57 Å². The first-order valence-corrected chi connectivity index (χ1v) is 13.8. The molecule has 0 amide bonds. The van der Waals surface area contributed by atoms with Gasteiger partial charge in [-0.25, -0.2) is 4.79 Å². The number of hydrogen-bond donors (Lipinski definition) is 1. The monoisotopic (exact) mass is 542 g/mol. The number of rotatable bonds is 11. The molecule has 0 heterocycles. The number of carbonyl (C=O) groups is 4.